The summed E-state index contributed by atoms with van der Waals surface area (Å²) in [6.07, 6.45) is 0.779. The number of rotatable bonds is 4. The van der Waals surface area contributed by atoms with Crippen LogP contribution in [0.2, 0.25) is 0 Å². The largest absolute Gasteiger partial charge is 0.548 e. The molecule has 0 bridgehead atoms. The molecule has 1 atom stereocenters. The highest BCUT2D eigenvalue weighted by atomic mass is 31.1. The molecule has 0 heterocycles. The van der Waals surface area contributed by atoms with Gasteiger partial charge >= 0.3 is 8.03 Å². The van der Waals surface area contributed by atoms with Crippen LogP contribution in [0.25, 0.3) is 0 Å². The minimum Gasteiger partial charge on any atom is -0.145 e. The summed E-state index contributed by atoms with van der Waals surface area (Å²) in [5.41, 5.74) is 2.26. The summed E-state index contributed by atoms with van der Waals surface area (Å²) in [5.74, 6) is 0. The van der Waals surface area contributed by atoms with Gasteiger partial charge in [-0.15, -0.1) is 4.52 Å². The maximum Gasteiger partial charge on any atom is 0.548 e. The Kier molecular flexibility index (Phi) is 4.03. The first kappa shape index (κ1) is 12.0. The van der Waals surface area contributed by atoms with Crippen molar-refractivity contribution in [3.05, 3.63) is 65.7 Å². The van der Waals surface area contributed by atoms with Gasteiger partial charge in [0.15, 0.2) is 0 Å². The van der Waals surface area contributed by atoms with Gasteiger partial charge in [0.05, 0.1) is 7.11 Å². The fraction of sp³-hybridized carbons (Fsp3) is 0.143. The summed E-state index contributed by atoms with van der Waals surface area (Å²) in [6, 6.07) is 17.8. The number of hydrogen-bond donors (Lipinski definition) is 0. The van der Waals surface area contributed by atoms with Crippen molar-refractivity contribution >= 4 is 13.3 Å². The van der Waals surface area contributed by atoms with Gasteiger partial charge in [-0.05, 0) is 16.2 Å². The molecular formula is C14H14O2P+. The highest BCUT2D eigenvalue weighted by Gasteiger charge is 2.23. The third-order valence-electron chi connectivity index (χ3n) is 2.59. The summed E-state index contributed by atoms with van der Waals surface area (Å²) in [6.45, 7) is 0. The Morgan fingerprint density at radius 2 is 1.65 bits per heavy atom. The highest BCUT2D eigenvalue weighted by Crippen LogP contribution is 2.23. The van der Waals surface area contributed by atoms with Gasteiger partial charge in [0.1, 0.15) is 0 Å². The van der Waals surface area contributed by atoms with E-state index in [-0.39, 0.29) is 0 Å². The van der Waals surface area contributed by atoms with Crippen LogP contribution in [0.3, 0.4) is 0 Å². The van der Waals surface area contributed by atoms with Crippen LogP contribution >= 0.6 is 8.03 Å². The quantitative estimate of drug-likeness (QED) is 0.772. The Morgan fingerprint density at radius 3 is 2.35 bits per heavy atom. The summed E-state index contributed by atoms with van der Waals surface area (Å²) >= 11 is 0. The zero-order valence-corrected chi connectivity index (χ0v) is 10.6. The lowest BCUT2D eigenvalue weighted by molar-refractivity contribution is 0.423. The van der Waals surface area contributed by atoms with Crippen molar-refractivity contribution in [2.75, 3.05) is 7.11 Å². The molecule has 0 aliphatic heterocycles. The van der Waals surface area contributed by atoms with E-state index in [0.29, 0.717) is 0 Å². The zero-order chi connectivity index (χ0) is 12.1. The standard InChI is InChI=1S/C14H14O2P/c1-16-17(15)14-10-6-5-9-13(14)11-12-7-3-2-4-8-12/h2-10H,11H2,1H3/q+1. The molecule has 2 rings (SSSR count). The Labute approximate surface area is 102 Å². The lowest BCUT2D eigenvalue weighted by Crippen LogP contribution is -2.06. The lowest BCUT2D eigenvalue weighted by Gasteiger charge is -2.01. The van der Waals surface area contributed by atoms with Crippen molar-refractivity contribution in [2.45, 2.75) is 6.42 Å². The fourth-order valence-electron chi connectivity index (χ4n) is 1.75. The van der Waals surface area contributed by atoms with Gasteiger partial charge in [0.2, 0.25) is 5.30 Å². The molecule has 0 saturated carbocycles. The first-order valence-electron chi connectivity index (χ1n) is 5.44. The Balaban J connectivity index is 2.30. The maximum atomic E-state index is 11.8. The Bertz CT molecular complexity index is 509. The van der Waals surface area contributed by atoms with Crippen LogP contribution in [0.1, 0.15) is 11.1 Å². The second-order valence-corrected chi connectivity index (χ2v) is 5.09. The van der Waals surface area contributed by atoms with Gasteiger partial charge in [0, 0.05) is 12.0 Å². The van der Waals surface area contributed by atoms with Crippen molar-refractivity contribution in [2.24, 2.45) is 0 Å². The molecule has 0 fully saturated rings. The molecular weight excluding hydrogens is 231 g/mol. The van der Waals surface area contributed by atoms with Crippen molar-refractivity contribution in [3.63, 3.8) is 0 Å². The summed E-state index contributed by atoms with van der Waals surface area (Å²) in [4.78, 5) is 0. The SMILES string of the molecule is CO[P+](=O)c1ccccc1Cc1ccccc1. The molecule has 1 unspecified atom stereocenters. The maximum absolute atomic E-state index is 11.8. The monoisotopic (exact) mass is 245 g/mol. The summed E-state index contributed by atoms with van der Waals surface area (Å²) in [7, 11) is -0.270. The van der Waals surface area contributed by atoms with Crippen LogP contribution < -0.4 is 5.30 Å². The minimum absolute atomic E-state index is 0.779. The Hall–Kier alpha value is -1.50. The molecule has 0 radical (unpaired) electrons. The smallest absolute Gasteiger partial charge is 0.145 e. The van der Waals surface area contributed by atoms with E-state index in [4.69, 9.17) is 4.52 Å². The van der Waals surface area contributed by atoms with E-state index in [2.05, 4.69) is 12.1 Å². The van der Waals surface area contributed by atoms with Crippen LogP contribution in [-0.2, 0) is 15.5 Å². The van der Waals surface area contributed by atoms with Crippen molar-refractivity contribution in [3.8, 4) is 0 Å². The van der Waals surface area contributed by atoms with Crippen LogP contribution in [0.15, 0.2) is 54.6 Å². The van der Waals surface area contributed by atoms with Crippen LogP contribution in [0.4, 0.5) is 0 Å². The minimum atomic E-state index is -1.74. The van der Waals surface area contributed by atoms with Gasteiger partial charge in [-0.3, -0.25) is 0 Å². The predicted octanol–water partition coefficient (Wildman–Crippen LogP) is 3.29. The van der Waals surface area contributed by atoms with E-state index < -0.39 is 8.03 Å². The highest BCUT2D eigenvalue weighted by molar-refractivity contribution is 7.48. The molecule has 17 heavy (non-hydrogen) atoms. The van der Waals surface area contributed by atoms with Crippen LogP contribution in [0, 0.1) is 0 Å². The number of hydrogen-bond acceptors (Lipinski definition) is 2. The summed E-state index contributed by atoms with van der Waals surface area (Å²) < 4.78 is 16.7. The van der Waals surface area contributed by atoms with Gasteiger partial charge in [-0.2, -0.15) is 0 Å². The van der Waals surface area contributed by atoms with Crippen molar-refractivity contribution < 1.29 is 9.09 Å². The molecule has 0 aliphatic rings. The first-order valence-corrected chi connectivity index (χ1v) is 6.62. The van der Waals surface area contributed by atoms with E-state index in [1.54, 1.807) is 0 Å². The van der Waals surface area contributed by atoms with Gasteiger partial charge in [-0.25, -0.2) is 0 Å². The molecule has 2 nitrogen and oxygen atoms in total. The van der Waals surface area contributed by atoms with Gasteiger partial charge in [-0.1, -0.05) is 48.5 Å². The Morgan fingerprint density at radius 1 is 1.00 bits per heavy atom. The molecule has 2 aromatic rings. The second-order valence-electron chi connectivity index (χ2n) is 3.73. The van der Waals surface area contributed by atoms with E-state index >= 15 is 0 Å². The lowest BCUT2D eigenvalue weighted by atomic mass is 10.1. The average Bonchev–Trinajstić information content (AvgIpc) is 2.40. The zero-order valence-electron chi connectivity index (χ0n) is 9.67. The third-order valence-corrected chi connectivity index (χ3v) is 3.75. The van der Waals surface area contributed by atoms with E-state index in [9.17, 15) is 4.57 Å². The van der Waals surface area contributed by atoms with Crippen LogP contribution in [-0.4, -0.2) is 7.11 Å². The third kappa shape index (κ3) is 3.00. The normalized spacial score (nSPS) is 11.2. The van der Waals surface area contributed by atoms with E-state index in [1.807, 2.05) is 42.5 Å². The molecule has 0 spiro atoms. The van der Waals surface area contributed by atoms with E-state index in [1.165, 1.54) is 12.7 Å². The van der Waals surface area contributed by atoms with Crippen LogP contribution in [0.5, 0.6) is 0 Å². The van der Waals surface area contributed by atoms with Crippen molar-refractivity contribution in [1.29, 1.82) is 0 Å². The molecule has 0 amide bonds. The number of benzene rings is 2. The van der Waals surface area contributed by atoms with Crippen molar-refractivity contribution in [1.82, 2.24) is 0 Å². The molecule has 0 saturated heterocycles. The summed E-state index contributed by atoms with van der Waals surface area (Å²) in [5, 5.41) is 0.786. The molecule has 2 aromatic carbocycles. The second kappa shape index (κ2) is 5.72. The molecule has 0 N–H and O–H groups in total. The molecule has 3 heteroatoms. The fourth-order valence-corrected chi connectivity index (χ4v) is 2.55. The molecule has 0 aromatic heterocycles. The van der Waals surface area contributed by atoms with E-state index in [0.717, 1.165) is 17.3 Å². The topological polar surface area (TPSA) is 26.3 Å². The first-order chi connectivity index (χ1) is 8.31. The molecule has 0 aliphatic carbocycles. The average molecular weight is 245 g/mol. The molecule has 86 valence electrons. The van der Waals surface area contributed by atoms with Gasteiger partial charge in [0.25, 0.3) is 0 Å². The predicted molar refractivity (Wildman–Crippen MR) is 69.9 cm³/mol. The van der Waals surface area contributed by atoms with Gasteiger partial charge < -0.3 is 0 Å².